The van der Waals surface area contributed by atoms with Gasteiger partial charge >= 0.3 is 0 Å². The molecule has 0 unspecified atom stereocenters. The largest absolute Gasteiger partial charge is 0.330 e. The highest BCUT2D eigenvalue weighted by Gasteiger charge is 2.15. The Labute approximate surface area is 73.0 Å². The lowest BCUT2D eigenvalue weighted by Gasteiger charge is -2.24. The van der Waals surface area contributed by atoms with Crippen LogP contribution in [0, 0.1) is 0 Å². The van der Waals surface area contributed by atoms with Gasteiger partial charge in [0.25, 0.3) is 0 Å². The van der Waals surface area contributed by atoms with Gasteiger partial charge in [0, 0.05) is 25.0 Å². The van der Waals surface area contributed by atoms with Crippen molar-refractivity contribution in [1.82, 2.24) is 14.5 Å². The second-order valence-corrected chi connectivity index (χ2v) is 3.41. The number of rotatable bonds is 1. The van der Waals surface area contributed by atoms with E-state index in [0.717, 1.165) is 26.1 Å². The molecule has 1 aliphatic rings. The number of fused-ring (bicyclic) bond motifs is 1. The highest BCUT2D eigenvalue weighted by molar-refractivity contribution is 5.07. The van der Waals surface area contributed by atoms with Crippen molar-refractivity contribution < 1.29 is 0 Å². The summed E-state index contributed by atoms with van der Waals surface area (Å²) in [5, 5.41) is 0. The van der Waals surface area contributed by atoms with Crippen molar-refractivity contribution >= 4 is 0 Å². The van der Waals surface area contributed by atoms with Crippen molar-refractivity contribution in [2.24, 2.45) is 0 Å². The van der Waals surface area contributed by atoms with Crippen LogP contribution in [0.25, 0.3) is 0 Å². The van der Waals surface area contributed by atoms with Gasteiger partial charge in [0.15, 0.2) is 0 Å². The Bertz CT molecular complexity index is 277. The zero-order chi connectivity index (χ0) is 8.55. The van der Waals surface area contributed by atoms with Gasteiger partial charge in [-0.05, 0) is 13.5 Å². The molecule has 1 aromatic heterocycles. The monoisotopic (exact) mass is 165 g/mol. The average Bonchev–Trinajstić information content (AvgIpc) is 2.46. The molecule has 0 aliphatic carbocycles. The first kappa shape index (κ1) is 7.80. The van der Waals surface area contributed by atoms with Crippen LogP contribution in [0.1, 0.15) is 18.4 Å². The smallest absolute Gasteiger partial charge is 0.123 e. The van der Waals surface area contributed by atoms with E-state index >= 15 is 0 Å². The molecule has 0 radical (unpaired) electrons. The van der Waals surface area contributed by atoms with E-state index in [9.17, 15) is 0 Å². The number of hydrogen-bond acceptors (Lipinski definition) is 2. The summed E-state index contributed by atoms with van der Waals surface area (Å²) in [7, 11) is 2.14. The van der Waals surface area contributed by atoms with Crippen molar-refractivity contribution in [2.75, 3.05) is 13.6 Å². The van der Waals surface area contributed by atoms with E-state index in [1.54, 1.807) is 0 Å². The van der Waals surface area contributed by atoms with Crippen molar-refractivity contribution in [3.8, 4) is 0 Å². The predicted octanol–water partition coefficient (Wildman–Crippen LogP) is 0.891. The molecule has 0 spiro atoms. The molecule has 2 rings (SSSR count). The molecule has 2 heterocycles. The fourth-order valence-corrected chi connectivity index (χ4v) is 1.73. The van der Waals surface area contributed by atoms with E-state index in [2.05, 4.69) is 28.4 Å². The lowest BCUT2D eigenvalue weighted by Crippen LogP contribution is -2.31. The number of likely N-dealkylation sites (N-methyl/N-ethyl adjacent to an activating group) is 1. The van der Waals surface area contributed by atoms with Crippen LogP contribution in [-0.2, 0) is 19.5 Å². The summed E-state index contributed by atoms with van der Waals surface area (Å²) in [6, 6.07) is 0. The number of aromatic nitrogens is 2. The minimum absolute atomic E-state index is 1.00. The maximum Gasteiger partial charge on any atom is 0.123 e. The van der Waals surface area contributed by atoms with Gasteiger partial charge in [0.2, 0.25) is 0 Å². The molecule has 3 heteroatoms. The van der Waals surface area contributed by atoms with Crippen LogP contribution < -0.4 is 0 Å². The Kier molecular flexibility index (Phi) is 1.89. The molecule has 1 aromatic rings. The first-order chi connectivity index (χ1) is 5.81. The summed E-state index contributed by atoms with van der Waals surface area (Å²) in [5.74, 6) is 1.22. The van der Waals surface area contributed by atoms with Crippen LogP contribution in [0.5, 0.6) is 0 Å². The van der Waals surface area contributed by atoms with Crippen molar-refractivity contribution in [3.05, 3.63) is 17.7 Å². The molecule has 0 saturated heterocycles. The van der Waals surface area contributed by atoms with Crippen molar-refractivity contribution in [2.45, 2.75) is 26.4 Å². The normalized spacial score (nSPS) is 17.8. The van der Waals surface area contributed by atoms with Gasteiger partial charge in [-0.2, -0.15) is 0 Å². The lowest BCUT2D eigenvalue weighted by molar-refractivity contribution is 0.262. The summed E-state index contributed by atoms with van der Waals surface area (Å²) in [4.78, 5) is 6.71. The molecule has 12 heavy (non-hydrogen) atoms. The third kappa shape index (κ3) is 1.14. The summed E-state index contributed by atoms with van der Waals surface area (Å²) >= 11 is 0. The molecule has 0 N–H and O–H groups in total. The molecule has 0 bridgehead atoms. The first-order valence-electron chi connectivity index (χ1n) is 4.53. The van der Waals surface area contributed by atoms with E-state index in [1.807, 2.05) is 6.20 Å². The van der Waals surface area contributed by atoms with Crippen LogP contribution in [0.15, 0.2) is 6.20 Å². The van der Waals surface area contributed by atoms with Gasteiger partial charge in [-0.15, -0.1) is 0 Å². The number of hydrogen-bond donors (Lipinski definition) is 0. The SMILES string of the molecule is CCc1cnc2n1CCN(C)C2. The Hall–Kier alpha value is -0.830. The zero-order valence-electron chi connectivity index (χ0n) is 7.75. The van der Waals surface area contributed by atoms with Crippen LogP contribution in [0.4, 0.5) is 0 Å². The second-order valence-electron chi connectivity index (χ2n) is 3.41. The summed E-state index contributed by atoms with van der Waals surface area (Å²) < 4.78 is 2.35. The predicted molar refractivity (Wildman–Crippen MR) is 47.9 cm³/mol. The zero-order valence-corrected chi connectivity index (χ0v) is 7.75. The molecular formula is C9H15N3. The summed E-state index contributed by atoms with van der Waals surface area (Å²) in [5.41, 5.74) is 1.37. The molecular weight excluding hydrogens is 150 g/mol. The summed E-state index contributed by atoms with van der Waals surface area (Å²) in [6.07, 6.45) is 3.10. The Morgan fingerprint density at radius 3 is 3.08 bits per heavy atom. The fourth-order valence-electron chi connectivity index (χ4n) is 1.73. The third-order valence-electron chi connectivity index (χ3n) is 2.50. The second kappa shape index (κ2) is 2.90. The Morgan fingerprint density at radius 1 is 1.50 bits per heavy atom. The van der Waals surface area contributed by atoms with Crippen LogP contribution in [-0.4, -0.2) is 28.0 Å². The molecule has 0 aromatic carbocycles. The molecule has 66 valence electrons. The maximum absolute atomic E-state index is 4.40. The van der Waals surface area contributed by atoms with Gasteiger partial charge in [-0.3, -0.25) is 4.90 Å². The number of imidazole rings is 1. The molecule has 3 nitrogen and oxygen atoms in total. The van der Waals surface area contributed by atoms with Gasteiger partial charge in [0.1, 0.15) is 5.82 Å². The quantitative estimate of drug-likeness (QED) is 0.616. The first-order valence-corrected chi connectivity index (χ1v) is 4.53. The molecule has 0 fully saturated rings. The van der Waals surface area contributed by atoms with Crippen LogP contribution in [0.2, 0.25) is 0 Å². The molecule has 0 amide bonds. The molecule has 1 aliphatic heterocycles. The molecule has 0 saturated carbocycles. The standard InChI is InChI=1S/C9H15N3/c1-3-8-6-10-9-7-11(2)4-5-12(8)9/h6H,3-5,7H2,1-2H3. The number of aryl methyl sites for hydroxylation is 1. The maximum atomic E-state index is 4.40. The van der Waals surface area contributed by atoms with Crippen molar-refractivity contribution in [3.63, 3.8) is 0 Å². The Balaban J connectivity index is 2.32. The van der Waals surface area contributed by atoms with E-state index < -0.39 is 0 Å². The fraction of sp³-hybridized carbons (Fsp3) is 0.667. The van der Waals surface area contributed by atoms with E-state index in [-0.39, 0.29) is 0 Å². The highest BCUT2D eigenvalue weighted by Crippen LogP contribution is 2.12. The van der Waals surface area contributed by atoms with Gasteiger partial charge in [-0.1, -0.05) is 6.92 Å². The lowest BCUT2D eigenvalue weighted by atomic mass is 10.3. The van der Waals surface area contributed by atoms with Gasteiger partial charge in [-0.25, -0.2) is 4.98 Å². The van der Waals surface area contributed by atoms with E-state index in [0.29, 0.717) is 0 Å². The van der Waals surface area contributed by atoms with Crippen molar-refractivity contribution in [1.29, 1.82) is 0 Å². The third-order valence-corrected chi connectivity index (χ3v) is 2.50. The average molecular weight is 165 g/mol. The van der Waals surface area contributed by atoms with Crippen LogP contribution in [0.3, 0.4) is 0 Å². The van der Waals surface area contributed by atoms with Gasteiger partial charge < -0.3 is 4.57 Å². The van der Waals surface area contributed by atoms with Gasteiger partial charge in [0.05, 0.1) is 6.54 Å². The minimum atomic E-state index is 1.00. The summed E-state index contributed by atoms with van der Waals surface area (Å²) in [6.45, 7) is 5.44. The number of nitrogens with zero attached hydrogens (tertiary/aromatic N) is 3. The minimum Gasteiger partial charge on any atom is -0.330 e. The van der Waals surface area contributed by atoms with E-state index in [1.165, 1.54) is 11.5 Å². The van der Waals surface area contributed by atoms with E-state index in [4.69, 9.17) is 0 Å². The topological polar surface area (TPSA) is 21.1 Å². The molecule has 0 atom stereocenters. The van der Waals surface area contributed by atoms with Crippen LogP contribution >= 0.6 is 0 Å². The Morgan fingerprint density at radius 2 is 2.33 bits per heavy atom. The highest BCUT2D eigenvalue weighted by atomic mass is 15.2.